The van der Waals surface area contributed by atoms with Crippen molar-refractivity contribution in [1.29, 1.82) is 0 Å². The standard InChI is InChI=1S/C16H25N3O/c1-16(2,3)18-10-8-15(20)19-11-5-7-14(19)13-6-4-9-17-12-13/h4,6,9,12,14,18H,5,7-8,10-11H2,1-3H3. The molecule has 2 rings (SSSR count). The third kappa shape index (κ3) is 4.04. The predicted molar refractivity (Wildman–Crippen MR) is 80.3 cm³/mol. The van der Waals surface area contributed by atoms with Crippen molar-refractivity contribution in [1.82, 2.24) is 15.2 Å². The molecule has 1 unspecified atom stereocenters. The Balaban J connectivity index is 1.92. The first-order valence-electron chi connectivity index (χ1n) is 7.42. The first-order valence-corrected chi connectivity index (χ1v) is 7.42. The van der Waals surface area contributed by atoms with Gasteiger partial charge in [-0.3, -0.25) is 9.78 Å². The van der Waals surface area contributed by atoms with Crippen molar-refractivity contribution in [3.63, 3.8) is 0 Å². The fourth-order valence-electron chi connectivity index (χ4n) is 2.67. The van der Waals surface area contributed by atoms with Gasteiger partial charge in [0, 0.05) is 37.4 Å². The molecule has 1 N–H and O–H groups in total. The van der Waals surface area contributed by atoms with Gasteiger partial charge in [0.2, 0.25) is 5.91 Å². The Morgan fingerprint density at radius 2 is 2.30 bits per heavy atom. The van der Waals surface area contributed by atoms with Gasteiger partial charge >= 0.3 is 0 Å². The zero-order chi connectivity index (χ0) is 14.6. The van der Waals surface area contributed by atoms with Crippen LogP contribution in [-0.2, 0) is 4.79 Å². The van der Waals surface area contributed by atoms with Crippen LogP contribution in [-0.4, -0.2) is 34.4 Å². The molecule has 1 saturated heterocycles. The molecular weight excluding hydrogens is 250 g/mol. The van der Waals surface area contributed by atoms with Gasteiger partial charge in [-0.2, -0.15) is 0 Å². The van der Waals surface area contributed by atoms with E-state index in [-0.39, 0.29) is 17.5 Å². The molecule has 0 radical (unpaired) electrons. The molecule has 2 heterocycles. The number of carbonyl (C=O) groups is 1. The molecule has 0 spiro atoms. The van der Waals surface area contributed by atoms with Gasteiger partial charge in [0.15, 0.2) is 0 Å². The lowest BCUT2D eigenvalue weighted by Gasteiger charge is -2.26. The first kappa shape index (κ1) is 15.0. The molecule has 0 aromatic carbocycles. The summed E-state index contributed by atoms with van der Waals surface area (Å²) in [4.78, 5) is 18.6. The molecule has 0 saturated carbocycles. The molecule has 1 atom stereocenters. The van der Waals surface area contributed by atoms with Crippen LogP contribution in [0.4, 0.5) is 0 Å². The number of amides is 1. The van der Waals surface area contributed by atoms with Crippen LogP contribution in [0.2, 0.25) is 0 Å². The lowest BCUT2D eigenvalue weighted by Crippen LogP contribution is -2.39. The van der Waals surface area contributed by atoms with Crippen LogP contribution in [0.15, 0.2) is 24.5 Å². The average Bonchev–Trinajstić information content (AvgIpc) is 2.87. The number of carbonyl (C=O) groups excluding carboxylic acids is 1. The summed E-state index contributed by atoms with van der Waals surface area (Å²) in [6.07, 6.45) is 6.34. The van der Waals surface area contributed by atoms with Crippen molar-refractivity contribution in [2.75, 3.05) is 13.1 Å². The van der Waals surface area contributed by atoms with Crippen LogP contribution in [0.1, 0.15) is 51.6 Å². The van der Waals surface area contributed by atoms with E-state index in [1.165, 1.54) is 0 Å². The van der Waals surface area contributed by atoms with Crippen molar-refractivity contribution >= 4 is 5.91 Å². The van der Waals surface area contributed by atoms with E-state index in [0.717, 1.165) is 31.5 Å². The highest BCUT2D eigenvalue weighted by molar-refractivity contribution is 5.77. The van der Waals surface area contributed by atoms with Crippen LogP contribution in [0.3, 0.4) is 0 Å². The maximum atomic E-state index is 12.4. The molecule has 1 amide bonds. The van der Waals surface area contributed by atoms with Crippen molar-refractivity contribution in [3.05, 3.63) is 30.1 Å². The molecular formula is C16H25N3O. The van der Waals surface area contributed by atoms with Crippen molar-refractivity contribution < 1.29 is 4.79 Å². The van der Waals surface area contributed by atoms with Crippen molar-refractivity contribution in [2.45, 2.75) is 51.6 Å². The van der Waals surface area contributed by atoms with Gasteiger partial charge in [-0.15, -0.1) is 0 Å². The van der Waals surface area contributed by atoms with Crippen LogP contribution in [0.5, 0.6) is 0 Å². The molecule has 0 aliphatic carbocycles. The second-order valence-corrected chi connectivity index (χ2v) is 6.46. The summed E-state index contributed by atoms with van der Waals surface area (Å²) in [5, 5.41) is 3.37. The van der Waals surface area contributed by atoms with Gasteiger partial charge < -0.3 is 10.2 Å². The van der Waals surface area contributed by atoms with Crippen molar-refractivity contribution in [2.24, 2.45) is 0 Å². The maximum Gasteiger partial charge on any atom is 0.224 e. The number of nitrogens with one attached hydrogen (secondary N) is 1. The summed E-state index contributed by atoms with van der Waals surface area (Å²) in [6.45, 7) is 7.95. The highest BCUT2D eigenvalue weighted by Gasteiger charge is 2.29. The van der Waals surface area contributed by atoms with Gasteiger partial charge in [0.1, 0.15) is 0 Å². The van der Waals surface area contributed by atoms with E-state index in [1.54, 1.807) is 6.20 Å². The van der Waals surface area contributed by atoms with Gasteiger partial charge in [-0.05, 0) is 45.2 Å². The molecule has 20 heavy (non-hydrogen) atoms. The third-order valence-electron chi connectivity index (χ3n) is 3.64. The molecule has 110 valence electrons. The number of hydrogen-bond acceptors (Lipinski definition) is 3. The van der Waals surface area contributed by atoms with Gasteiger partial charge in [-0.25, -0.2) is 0 Å². The monoisotopic (exact) mass is 275 g/mol. The largest absolute Gasteiger partial charge is 0.336 e. The first-order chi connectivity index (χ1) is 9.47. The Kier molecular flexibility index (Phi) is 4.76. The van der Waals surface area contributed by atoms with Crippen LogP contribution >= 0.6 is 0 Å². The Hall–Kier alpha value is -1.42. The molecule has 0 bridgehead atoms. The summed E-state index contributed by atoms with van der Waals surface area (Å²) < 4.78 is 0. The summed E-state index contributed by atoms with van der Waals surface area (Å²) in [7, 11) is 0. The maximum absolute atomic E-state index is 12.4. The van der Waals surface area contributed by atoms with E-state index < -0.39 is 0 Å². The minimum absolute atomic E-state index is 0.0635. The predicted octanol–water partition coefficient (Wildman–Crippen LogP) is 2.52. The second kappa shape index (κ2) is 6.35. The Morgan fingerprint density at radius 3 is 2.95 bits per heavy atom. The van der Waals surface area contributed by atoms with E-state index in [4.69, 9.17) is 0 Å². The number of aromatic nitrogens is 1. The third-order valence-corrected chi connectivity index (χ3v) is 3.64. The van der Waals surface area contributed by atoms with Crippen LogP contribution < -0.4 is 5.32 Å². The Bertz CT molecular complexity index is 439. The Morgan fingerprint density at radius 1 is 1.50 bits per heavy atom. The minimum Gasteiger partial charge on any atom is -0.336 e. The van der Waals surface area contributed by atoms with E-state index in [9.17, 15) is 4.79 Å². The molecule has 1 aliphatic heterocycles. The van der Waals surface area contributed by atoms with Gasteiger partial charge in [0.05, 0.1) is 6.04 Å². The molecule has 1 aliphatic rings. The van der Waals surface area contributed by atoms with Gasteiger partial charge in [0.25, 0.3) is 0 Å². The number of likely N-dealkylation sites (tertiary alicyclic amines) is 1. The molecule has 1 aromatic heterocycles. The van der Waals surface area contributed by atoms with Crippen LogP contribution in [0.25, 0.3) is 0 Å². The number of nitrogens with zero attached hydrogens (tertiary/aromatic N) is 2. The van der Waals surface area contributed by atoms with E-state index >= 15 is 0 Å². The lowest BCUT2D eigenvalue weighted by molar-refractivity contribution is -0.132. The zero-order valence-electron chi connectivity index (χ0n) is 12.7. The quantitative estimate of drug-likeness (QED) is 0.918. The fourth-order valence-corrected chi connectivity index (χ4v) is 2.67. The lowest BCUT2D eigenvalue weighted by atomic mass is 10.1. The fraction of sp³-hybridized carbons (Fsp3) is 0.625. The Labute approximate surface area is 121 Å². The highest BCUT2D eigenvalue weighted by atomic mass is 16.2. The summed E-state index contributed by atoms with van der Waals surface area (Å²) in [5.74, 6) is 0.244. The summed E-state index contributed by atoms with van der Waals surface area (Å²) in [6, 6.07) is 4.22. The minimum atomic E-state index is 0.0635. The molecule has 1 aromatic rings. The number of hydrogen-bond donors (Lipinski definition) is 1. The highest BCUT2D eigenvalue weighted by Crippen LogP contribution is 2.31. The molecule has 4 nitrogen and oxygen atoms in total. The topological polar surface area (TPSA) is 45.2 Å². The number of pyridine rings is 1. The SMILES string of the molecule is CC(C)(C)NCCC(=O)N1CCCC1c1cccnc1. The van der Waals surface area contributed by atoms with Gasteiger partial charge in [-0.1, -0.05) is 6.07 Å². The van der Waals surface area contributed by atoms with E-state index in [0.29, 0.717) is 6.42 Å². The molecule has 4 heteroatoms. The summed E-state index contributed by atoms with van der Waals surface area (Å²) in [5.41, 5.74) is 1.22. The van der Waals surface area contributed by atoms with E-state index in [1.807, 2.05) is 17.2 Å². The zero-order valence-corrected chi connectivity index (χ0v) is 12.7. The number of rotatable bonds is 4. The molecule has 1 fully saturated rings. The summed E-state index contributed by atoms with van der Waals surface area (Å²) >= 11 is 0. The van der Waals surface area contributed by atoms with Crippen LogP contribution in [0, 0.1) is 0 Å². The second-order valence-electron chi connectivity index (χ2n) is 6.46. The normalized spacial score (nSPS) is 19.4. The van der Waals surface area contributed by atoms with Crippen molar-refractivity contribution in [3.8, 4) is 0 Å². The average molecular weight is 275 g/mol. The smallest absolute Gasteiger partial charge is 0.224 e. The van der Waals surface area contributed by atoms with E-state index in [2.05, 4.69) is 37.1 Å².